The number of thiophene rings is 1. The molecule has 0 bridgehead atoms. The van der Waals surface area contributed by atoms with E-state index in [-0.39, 0.29) is 17.5 Å². The van der Waals surface area contributed by atoms with Crippen molar-refractivity contribution in [3.8, 4) is 22.5 Å². The third-order valence-electron chi connectivity index (χ3n) is 2.10. The van der Waals surface area contributed by atoms with Gasteiger partial charge in [0, 0.05) is 11.4 Å². The number of hydrogen-bond acceptors (Lipinski definition) is 6. The number of nitrogens with zero attached hydrogens (tertiary/aromatic N) is 1. The van der Waals surface area contributed by atoms with Crippen LogP contribution >= 0.6 is 11.3 Å². The molecule has 6 nitrogen and oxygen atoms in total. The van der Waals surface area contributed by atoms with Gasteiger partial charge in [-0.2, -0.15) is 4.98 Å². The fraction of sp³-hybridized carbons (Fsp3) is 0.273. The zero-order chi connectivity index (χ0) is 13.1. The van der Waals surface area contributed by atoms with Crippen molar-refractivity contribution in [2.45, 2.75) is 6.92 Å². The van der Waals surface area contributed by atoms with Crippen LogP contribution in [0.2, 0.25) is 0 Å². The Labute approximate surface area is 107 Å². The van der Waals surface area contributed by atoms with E-state index in [0.717, 1.165) is 0 Å². The summed E-state index contributed by atoms with van der Waals surface area (Å²) in [5.41, 5.74) is -0.223. The number of carboxylic acid groups (broad SMARTS) is 1. The quantitative estimate of drug-likeness (QED) is 0.898. The lowest BCUT2D eigenvalue weighted by molar-refractivity contribution is 0.0683. The predicted octanol–water partition coefficient (Wildman–Crippen LogP) is 2.51. The highest BCUT2D eigenvalue weighted by molar-refractivity contribution is 7.13. The van der Waals surface area contributed by atoms with Gasteiger partial charge in [-0.05, 0) is 6.92 Å². The van der Waals surface area contributed by atoms with E-state index < -0.39 is 5.97 Å². The van der Waals surface area contributed by atoms with Gasteiger partial charge < -0.3 is 19.0 Å². The molecule has 0 saturated carbocycles. The summed E-state index contributed by atoms with van der Waals surface area (Å²) in [7, 11) is 1.55. The Morgan fingerprint density at radius 1 is 1.61 bits per heavy atom. The van der Waals surface area contributed by atoms with E-state index in [0.29, 0.717) is 17.2 Å². The molecule has 0 radical (unpaired) electrons. The molecule has 0 amide bonds. The second kappa shape index (κ2) is 5.09. The van der Waals surface area contributed by atoms with Crippen LogP contribution in [-0.4, -0.2) is 29.8 Å². The lowest BCUT2D eigenvalue weighted by Crippen LogP contribution is -2.01. The summed E-state index contributed by atoms with van der Waals surface area (Å²) in [6, 6.07) is 1.72. The Morgan fingerprint density at radius 2 is 2.39 bits per heavy atom. The highest BCUT2D eigenvalue weighted by Gasteiger charge is 2.22. The van der Waals surface area contributed by atoms with Crippen LogP contribution in [0.1, 0.15) is 17.4 Å². The van der Waals surface area contributed by atoms with Gasteiger partial charge in [-0.3, -0.25) is 0 Å². The highest BCUT2D eigenvalue weighted by Crippen LogP contribution is 2.33. The third-order valence-corrected chi connectivity index (χ3v) is 2.99. The number of rotatable bonds is 5. The van der Waals surface area contributed by atoms with Crippen molar-refractivity contribution in [3.63, 3.8) is 0 Å². The number of methoxy groups -OCH3 is 1. The molecule has 0 aliphatic heterocycles. The van der Waals surface area contributed by atoms with Crippen LogP contribution in [0.4, 0.5) is 0 Å². The van der Waals surface area contributed by atoms with Crippen molar-refractivity contribution in [2.24, 2.45) is 0 Å². The molecule has 0 spiro atoms. The Hall–Kier alpha value is -2.02. The summed E-state index contributed by atoms with van der Waals surface area (Å²) in [5, 5.41) is 10.8. The van der Waals surface area contributed by atoms with E-state index in [1.54, 1.807) is 25.5 Å². The van der Waals surface area contributed by atoms with Crippen molar-refractivity contribution in [1.29, 1.82) is 0 Å². The molecule has 0 atom stereocenters. The van der Waals surface area contributed by atoms with E-state index in [1.807, 2.05) is 0 Å². The SMILES string of the molecule is CCOc1oc(-c2cc(OC)cs2)nc1C(=O)O. The van der Waals surface area contributed by atoms with Crippen molar-refractivity contribution < 1.29 is 23.8 Å². The maximum absolute atomic E-state index is 11.0. The Kier molecular flexibility index (Phi) is 3.52. The van der Waals surface area contributed by atoms with Gasteiger partial charge in [-0.25, -0.2) is 4.79 Å². The standard InChI is InChI=1S/C11H11NO5S/c1-3-16-11-8(10(13)14)12-9(17-11)7-4-6(15-2)5-18-7/h4-5H,3H2,1-2H3,(H,13,14). The minimum Gasteiger partial charge on any atom is -0.496 e. The molecule has 7 heteroatoms. The van der Waals surface area contributed by atoms with Gasteiger partial charge in [-0.15, -0.1) is 11.3 Å². The van der Waals surface area contributed by atoms with Crippen LogP contribution in [0, 0.1) is 0 Å². The number of aromatic carboxylic acids is 1. The van der Waals surface area contributed by atoms with Gasteiger partial charge in [0.15, 0.2) is 0 Å². The lowest BCUT2D eigenvalue weighted by atomic mass is 10.4. The van der Waals surface area contributed by atoms with Crippen molar-refractivity contribution >= 4 is 17.3 Å². The number of carboxylic acids is 1. The summed E-state index contributed by atoms with van der Waals surface area (Å²) < 4.78 is 15.4. The first-order valence-electron chi connectivity index (χ1n) is 5.15. The molecule has 2 heterocycles. The second-order valence-electron chi connectivity index (χ2n) is 3.24. The summed E-state index contributed by atoms with van der Waals surface area (Å²) >= 11 is 1.35. The van der Waals surface area contributed by atoms with Gasteiger partial charge in [0.2, 0.25) is 11.6 Å². The van der Waals surface area contributed by atoms with Crippen LogP contribution < -0.4 is 9.47 Å². The van der Waals surface area contributed by atoms with E-state index in [4.69, 9.17) is 19.0 Å². The molecule has 0 aliphatic carbocycles. The molecule has 0 aliphatic rings. The van der Waals surface area contributed by atoms with E-state index >= 15 is 0 Å². The number of carbonyl (C=O) groups is 1. The van der Waals surface area contributed by atoms with Gasteiger partial charge in [-0.1, -0.05) is 0 Å². The molecule has 2 aromatic heterocycles. The number of ether oxygens (including phenoxy) is 2. The first kappa shape index (κ1) is 12.4. The van der Waals surface area contributed by atoms with Crippen LogP contribution in [-0.2, 0) is 0 Å². The Morgan fingerprint density at radius 3 is 2.94 bits per heavy atom. The van der Waals surface area contributed by atoms with E-state index in [2.05, 4.69) is 4.98 Å². The smallest absolute Gasteiger partial charge is 0.362 e. The van der Waals surface area contributed by atoms with Crippen LogP contribution in [0.3, 0.4) is 0 Å². The zero-order valence-corrected chi connectivity index (χ0v) is 10.6. The minimum atomic E-state index is -1.18. The molecule has 0 unspecified atom stereocenters. The molecule has 18 heavy (non-hydrogen) atoms. The van der Waals surface area contributed by atoms with Crippen molar-refractivity contribution in [2.75, 3.05) is 13.7 Å². The number of aromatic nitrogens is 1. The molecular formula is C11H11NO5S. The van der Waals surface area contributed by atoms with Gasteiger partial charge in [0.05, 0.1) is 18.6 Å². The molecule has 96 valence electrons. The Bertz CT molecular complexity index is 560. The first-order chi connectivity index (χ1) is 8.65. The van der Waals surface area contributed by atoms with Gasteiger partial charge in [0.1, 0.15) is 5.75 Å². The normalized spacial score (nSPS) is 10.3. The molecule has 0 fully saturated rings. The third kappa shape index (κ3) is 2.30. The molecule has 0 saturated heterocycles. The predicted molar refractivity (Wildman–Crippen MR) is 64.5 cm³/mol. The topological polar surface area (TPSA) is 81.8 Å². The fourth-order valence-corrected chi connectivity index (χ4v) is 2.09. The molecule has 2 rings (SSSR count). The molecule has 2 aromatic rings. The van der Waals surface area contributed by atoms with E-state index in [9.17, 15) is 4.79 Å². The van der Waals surface area contributed by atoms with Crippen LogP contribution in [0.25, 0.3) is 10.8 Å². The Balaban J connectivity index is 2.39. The maximum Gasteiger partial charge on any atom is 0.362 e. The average molecular weight is 269 g/mol. The fourth-order valence-electron chi connectivity index (χ4n) is 1.31. The summed E-state index contributed by atoms with van der Waals surface area (Å²) in [4.78, 5) is 15.6. The summed E-state index contributed by atoms with van der Waals surface area (Å²) in [5.74, 6) is -0.378. The minimum absolute atomic E-state index is 0.0765. The number of hydrogen-bond donors (Lipinski definition) is 1. The van der Waals surface area contributed by atoms with Crippen LogP contribution in [0.5, 0.6) is 11.7 Å². The monoisotopic (exact) mass is 269 g/mol. The average Bonchev–Trinajstić information content (AvgIpc) is 2.94. The zero-order valence-electron chi connectivity index (χ0n) is 9.80. The molecule has 1 N–H and O–H groups in total. The number of oxazole rings is 1. The summed E-state index contributed by atoms with van der Waals surface area (Å²) in [6.45, 7) is 2.05. The maximum atomic E-state index is 11.0. The summed E-state index contributed by atoms with van der Waals surface area (Å²) in [6.07, 6.45) is 0. The second-order valence-corrected chi connectivity index (χ2v) is 4.16. The first-order valence-corrected chi connectivity index (χ1v) is 6.03. The highest BCUT2D eigenvalue weighted by atomic mass is 32.1. The molecule has 0 aromatic carbocycles. The van der Waals surface area contributed by atoms with Crippen molar-refractivity contribution in [1.82, 2.24) is 4.98 Å². The van der Waals surface area contributed by atoms with Crippen LogP contribution in [0.15, 0.2) is 15.9 Å². The van der Waals surface area contributed by atoms with E-state index in [1.165, 1.54) is 11.3 Å². The largest absolute Gasteiger partial charge is 0.496 e. The molecular weight excluding hydrogens is 258 g/mol. The van der Waals surface area contributed by atoms with Crippen molar-refractivity contribution in [3.05, 3.63) is 17.1 Å². The lowest BCUT2D eigenvalue weighted by Gasteiger charge is -1.96. The van der Waals surface area contributed by atoms with Gasteiger partial charge in [0.25, 0.3) is 0 Å². The van der Waals surface area contributed by atoms with Gasteiger partial charge >= 0.3 is 11.9 Å².